The Morgan fingerprint density at radius 2 is 2.00 bits per heavy atom. The van der Waals surface area contributed by atoms with E-state index in [1.54, 1.807) is 11.3 Å². The Kier molecular flexibility index (Phi) is 3.31. The van der Waals surface area contributed by atoms with Crippen molar-refractivity contribution in [1.82, 2.24) is 0 Å². The normalized spacial score (nSPS) is 10.0. The third-order valence-electron chi connectivity index (χ3n) is 2.13. The Morgan fingerprint density at radius 1 is 1.31 bits per heavy atom. The fourth-order valence-electron chi connectivity index (χ4n) is 1.42. The average molecular weight is 214 g/mol. The molecular formula is C10H12ClNS. The van der Waals surface area contributed by atoms with Gasteiger partial charge in [0, 0.05) is 16.1 Å². The standard InChI is InChI=1S/C10H11NS.ClH/c1-7-8-4-2-3-5-9(8)12-10(7)6-11;/h2-5H,6,11H2,1H3;1H. The first-order chi connectivity index (χ1) is 5.83. The van der Waals surface area contributed by atoms with Crippen molar-refractivity contribution < 1.29 is 0 Å². The third kappa shape index (κ3) is 1.70. The van der Waals surface area contributed by atoms with E-state index in [4.69, 9.17) is 5.73 Å². The highest BCUT2D eigenvalue weighted by Crippen LogP contribution is 2.29. The molecule has 0 saturated carbocycles. The average Bonchev–Trinajstić information content (AvgIpc) is 2.44. The molecule has 0 bridgehead atoms. The summed E-state index contributed by atoms with van der Waals surface area (Å²) in [7, 11) is 0. The molecule has 0 spiro atoms. The lowest BCUT2D eigenvalue weighted by atomic mass is 10.1. The number of fused-ring (bicyclic) bond motifs is 1. The van der Waals surface area contributed by atoms with E-state index in [0.717, 1.165) is 0 Å². The van der Waals surface area contributed by atoms with Gasteiger partial charge < -0.3 is 5.73 Å². The Labute approximate surface area is 88.0 Å². The van der Waals surface area contributed by atoms with Gasteiger partial charge in [-0.25, -0.2) is 0 Å². The van der Waals surface area contributed by atoms with Gasteiger partial charge in [-0.1, -0.05) is 18.2 Å². The van der Waals surface area contributed by atoms with E-state index >= 15 is 0 Å². The van der Waals surface area contributed by atoms with Crippen molar-refractivity contribution in [1.29, 1.82) is 0 Å². The minimum absolute atomic E-state index is 0. The first kappa shape index (κ1) is 10.5. The number of benzene rings is 1. The second-order valence-electron chi connectivity index (χ2n) is 2.85. The van der Waals surface area contributed by atoms with Gasteiger partial charge in [0.15, 0.2) is 0 Å². The zero-order valence-corrected chi connectivity index (χ0v) is 9.04. The molecule has 0 fully saturated rings. The summed E-state index contributed by atoms with van der Waals surface area (Å²) in [5.41, 5.74) is 6.97. The summed E-state index contributed by atoms with van der Waals surface area (Å²) < 4.78 is 1.34. The van der Waals surface area contributed by atoms with Crippen molar-refractivity contribution in [2.24, 2.45) is 5.73 Å². The van der Waals surface area contributed by atoms with Crippen molar-refractivity contribution in [3.8, 4) is 0 Å². The van der Waals surface area contributed by atoms with Crippen LogP contribution in [0.25, 0.3) is 10.1 Å². The second-order valence-corrected chi connectivity index (χ2v) is 3.99. The van der Waals surface area contributed by atoms with Crippen LogP contribution >= 0.6 is 23.7 Å². The zero-order valence-electron chi connectivity index (χ0n) is 7.41. The molecule has 1 nitrogen and oxygen atoms in total. The monoisotopic (exact) mass is 213 g/mol. The Hall–Kier alpha value is -0.570. The van der Waals surface area contributed by atoms with Gasteiger partial charge in [-0.05, 0) is 23.9 Å². The quantitative estimate of drug-likeness (QED) is 0.774. The summed E-state index contributed by atoms with van der Waals surface area (Å²) in [5.74, 6) is 0. The van der Waals surface area contributed by atoms with E-state index in [2.05, 4.69) is 31.2 Å². The van der Waals surface area contributed by atoms with Gasteiger partial charge in [0.05, 0.1) is 0 Å². The molecule has 0 aliphatic heterocycles. The molecule has 0 unspecified atom stereocenters. The molecule has 70 valence electrons. The molecule has 1 aromatic carbocycles. The Balaban J connectivity index is 0.000000845. The molecule has 0 saturated heterocycles. The fourth-order valence-corrected chi connectivity index (χ4v) is 2.51. The number of thiophene rings is 1. The van der Waals surface area contributed by atoms with Gasteiger partial charge in [-0.2, -0.15) is 0 Å². The van der Waals surface area contributed by atoms with Crippen molar-refractivity contribution in [2.45, 2.75) is 13.5 Å². The summed E-state index contributed by atoms with van der Waals surface area (Å²) >= 11 is 1.80. The minimum Gasteiger partial charge on any atom is -0.326 e. The molecule has 2 aromatic rings. The molecular weight excluding hydrogens is 202 g/mol. The smallest absolute Gasteiger partial charge is 0.0348 e. The lowest BCUT2D eigenvalue weighted by Gasteiger charge is -1.91. The highest BCUT2D eigenvalue weighted by molar-refractivity contribution is 7.19. The molecule has 0 radical (unpaired) electrons. The van der Waals surface area contributed by atoms with Crippen molar-refractivity contribution in [2.75, 3.05) is 0 Å². The first-order valence-corrected chi connectivity index (χ1v) is 4.81. The van der Waals surface area contributed by atoms with E-state index in [1.807, 2.05) is 0 Å². The predicted molar refractivity (Wildman–Crippen MR) is 61.7 cm³/mol. The van der Waals surface area contributed by atoms with Crippen LogP contribution in [0.5, 0.6) is 0 Å². The van der Waals surface area contributed by atoms with Gasteiger partial charge in [0.1, 0.15) is 0 Å². The molecule has 2 rings (SSSR count). The maximum atomic E-state index is 5.62. The van der Waals surface area contributed by atoms with E-state index < -0.39 is 0 Å². The van der Waals surface area contributed by atoms with Crippen LogP contribution in [0.4, 0.5) is 0 Å². The third-order valence-corrected chi connectivity index (χ3v) is 3.42. The van der Waals surface area contributed by atoms with Crippen molar-refractivity contribution in [3.05, 3.63) is 34.7 Å². The molecule has 13 heavy (non-hydrogen) atoms. The van der Waals surface area contributed by atoms with E-state index in [1.165, 1.54) is 20.5 Å². The first-order valence-electron chi connectivity index (χ1n) is 4.00. The summed E-state index contributed by atoms with van der Waals surface area (Å²) in [6.07, 6.45) is 0. The number of rotatable bonds is 1. The van der Waals surface area contributed by atoms with Crippen molar-refractivity contribution in [3.63, 3.8) is 0 Å². The molecule has 0 atom stereocenters. The van der Waals surface area contributed by atoms with Crippen LogP contribution in [0.2, 0.25) is 0 Å². The van der Waals surface area contributed by atoms with Crippen LogP contribution in [0, 0.1) is 6.92 Å². The summed E-state index contributed by atoms with van der Waals surface area (Å²) in [6.45, 7) is 2.80. The summed E-state index contributed by atoms with van der Waals surface area (Å²) in [4.78, 5) is 1.30. The van der Waals surface area contributed by atoms with Crippen LogP contribution in [0.1, 0.15) is 10.4 Å². The van der Waals surface area contributed by atoms with Crippen molar-refractivity contribution >= 4 is 33.8 Å². The highest BCUT2D eigenvalue weighted by atomic mass is 35.5. The molecule has 0 aliphatic carbocycles. The van der Waals surface area contributed by atoms with Gasteiger partial charge >= 0.3 is 0 Å². The Bertz CT molecular complexity index is 408. The highest BCUT2D eigenvalue weighted by Gasteiger charge is 2.04. The van der Waals surface area contributed by atoms with E-state index in [-0.39, 0.29) is 12.4 Å². The SMILES string of the molecule is Cc1c(CN)sc2ccccc12.Cl. The van der Waals surface area contributed by atoms with Gasteiger partial charge in [0.25, 0.3) is 0 Å². The van der Waals surface area contributed by atoms with Crippen LogP contribution in [0.15, 0.2) is 24.3 Å². The molecule has 0 aliphatic rings. The van der Waals surface area contributed by atoms with Crippen LogP contribution in [-0.2, 0) is 6.54 Å². The number of aryl methyl sites for hydroxylation is 1. The molecule has 1 heterocycles. The summed E-state index contributed by atoms with van der Waals surface area (Å²) in [6, 6.07) is 8.44. The molecule has 1 aromatic heterocycles. The lowest BCUT2D eigenvalue weighted by Crippen LogP contribution is -1.93. The number of hydrogen-bond donors (Lipinski definition) is 1. The maximum Gasteiger partial charge on any atom is 0.0348 e. The number of halogens is 1. The van der Waals surface area contributed by atoms with E-state index in [9.17, 15) is 0 Å². The topological polar surface area (TPSA) is 26.0 Å². The van der Waals surface area contributed by atoms with Crippen LogP contribution in [-0.4, -0.2) is 0 Å². The maximum absolute atomic E-state index is 5.62. The van der Waals surface area contributed by atoms with E-state index in [0.29, 0.717) is 6.54 Å². The minimum atomic E-state index is 0. The Morgan fingerprint density at radius 3 is 2.62 bits per heavy atom. The van der Waals surface area contributed by atoms with Crippen LogP contribution in [0.3, 0.4) is 0 Å². The van der Waals surface area contributed by atoms with Gasteiger partial charge in [-0.3, -0.25) is 0 Å². The second kappa shape index (κ2) is 4.09. The molecule has 3 heteroatoms. The number of nitrogens with two attached hydrogens (primary N) is 1. The van der Waals surface area contributed by atoms with Gasteiger partial charge in [0.2, 0.25) is 0 Å². The van der Waals surface area contributed by atoms with Crippen LogP contribution < -0.4 is 5.73 Å². The predicted octanol–water partition coefficient (Wildman–Crippen LogP) is 3.09. The number of hydrogen-bond acceptors (Lipinski definition) is 2. The lowest BCUT2D eigenvalue weighted by molar-refractivity contribution is 1.09. The largest absolute Gasteiger partial charge is 0.326 e. The molecule has 2 N–H and O–H groups in total. The zero-order chi connectivity index (χ0) is 8.55. The summed E-state index contributed by atoms with van der Waals surface area (Å²) in [5, 5.41) is 1.35. The molecule has 0 amide bonds. The van der Waals surface area contributed by atoms with Gasteiger partial charge in [-0.15, -0.1) is 23.7 Å². The fraction of sp³-hybridized carbons (Fsp3) is 0.200.